The van der Waals surface area contributed by atoms with Crippen LogP contribution in [0.15, 0.2) is 24.3 Å². The Balaban J connectivity index is 1.82. The summed E-state index contributed by atoms with van der Waals surface area (Å²) in [5.41, 5.74) is 3.08. The van der Waals surface area contributed by atoms with E-state index in [0.717, 1.165) is 31.9 Å². The average Bonchev–Trinajstić information content (AvgIpc) is 2.98. The fourth-order valence-electron chi connectivity index (χ4n) is 4.15. The first kappa shape index (κ1) is 19.6. The van der Waals surface area contributed by atoms with Crippen molar-refractivity contribution in [3.63, 3.8) is 0 Å². The largest absolute Gasteiger partial charge is 0.319 e. The highest BCUT2D eigenvalue weighted by atomic mass is 16.2. The van der Waals surface area contributed by atoms with E-state index in [4.69, 9.17) is 0 Å². The fourth-order valence-corrected chi connectivity index (χ4v) is 4.15. The van der Waals surface area contributed by atoms with E-state index < -0.39 is 0 Å². The summed E-state index contributed by atoms with van der Waals surface area (Å²) in [5, 5.41) is 7.48. The lowest BCUT2D eigenvalue weighted by Crippen LogP contribution is -2.53. The Morgan fingerprint density at radius 1 is 1.17 bits per heavy atom. The molecule has 4 rings (SSSR count). The number of hydrogen-bond donors (Lipinski definition) is 1. The van der Waals surface area contributed by atoms with Gasteiger partial charge in [-0.05, 0) is 32.5 Å². The zero-order chi connectivity index (χ0) is 20.7. The lowest BCUT2D eigenvalue weighted by Gasteiger charge is -2.37. The molecule has 0 spiro atoms. The molecule has 2 amide bonds. The number of carbonyl (C=O) groups excluding carboxylic acids is 2. The number of rotatable bonds is 3. The number of piperazine rings is 1. The van der Waals surface area contributed by atoms with Crippen molar-refractivity contribution in [1.82, 2.24) is 19.6 Å². The first-order valence-corrected chi connectivity index (χ1v) is 10.1. The molecule has 1 N–H and O–H groups in total. The van der Waals surface area contributed by atoms with Crippen LogP contribution in [0.2, 0.25) is 0 Å². The summed E-state index contributed by atoms with van der Waals surface area (Å²) in [5.74, 6) is -0.285. The molecule has 8 heteroatoms. The van der Waals surface area contributed by atoms with Crippen LogP contribution < -0.4 is 10.2 Å². The first-order chi connectivity index (χ1) is 13.9. The van der Waals surface area contributed by atoms with Crippen molar-refractivity contribution in [3.05, 3.63) is 35.7 Å². The van der Waals surface area contributed by atoms with Crippen molar-refractivity contribution in [3.8, 4) is 0 Å². The van der Waals surface area contributed by atoms with Gasteiger partial charge in [0.2, 0.25) is 5.91 Å². The number of aromatic nitrogens is 2. The molecule has 1 fully saturated rings. The van der Waals surface area contributed by atoms with E-state index in [1.807, 2.05) is 38.1 Å². The van der Waals surface area contributed by atoms with Crippen LogP contribution in [-0.2, 0) is 18.3 Å². The minimum absolute atomic E-state index is 0.0394. The Hall–Kier alpha value is -2.71. The summed E-state index contributed by atoms with van der Waals surface area (Å²) in [6.07, 6.45) is 0.630. The van der Waals surface area contributed by atoms with Gasteiger partial charge in [0.1, 0.15) is 5.69 Å². The number of hydrogen-bond acceptors (Lipinski definition) is 5. The lowest BCUT2D eigenvalue weighted by molar-refractivity contribution is -0.123. The van der Waals surface area contributed by atoms with E-state index in [1.165, 1.54) is 0 Å². The Kier molecular flexibility index (Phi) is 5.14. The summed E-state index contributed by atoms with van der Waals surface area (Å²) in [7, 11) is 3.85. The highest BCUT2D eigenvalue weighted by Crippen LogP contribution is 2.40. The number of aryl methyl sites for hydroxylation is 2. The molecule has 3 heterocycles. The summed E-state index contributed by atoms with van der Waals surface area (Å²) in [6.45, 7) is 7.51. The molecule has 1 aromatic heterocycles. The van der Waals surface area contributed by atoms with Crippen molar-refractivity contribution < 1.29 is 9.59 Å². The van der Waals surface area contributed by atoms with Crippen LogP contribution in [0.3, 0.4) is 0 Å². The number of amides is 2. The minimum atomic E-state index is -0.303. The molecular weight excluding hydrogens is 368 g/mol. The highest BCUT2D eigenvalue weighted by Gasteiger charge is 2.38. The summed E-state index contributed by atoms with van der Waals surface area (Å²) < 4.78 is 1.58. The molecule has 2 aliphatic rings. The van der Waals surface area contributed by atoms with Crippen LogP contribution in [0.5, 0.6) is 0 Å². The van der Waals surface area contributed by atoms with Crippen LogP contribution in [0.1, 0.15) is 30.0 Å². The van der Waals surface area contributed by atoms with E-state index in [-0.39, 0.29) is 17.9 Å². The molecule has 1 unspecified atom stereocenters. The lowest BCUT2D eigenvalue weighted by atomic mass is 10.1. The first-order valence-electron chi connectivity index (χ1n) is 10.1. The highest BCUT2D eigenvalue weighted by molar-refractivity contribution is 6.18. The third-order valence-corrected chi connectivity index (χ3v) is 5.92. The molecule has 0 aliphatic carbocycles. The summed E-state index contributed by atoms with van der Waals surface area (Å²) in [6, 6.07) is 7.16. The number of likely N-dealkylation sites (N-methyl/N-ethyl adjacent to an activating group) is 1. The second kappa shape index (κ2) is 7.61. The summed E-state index contributed by atoms with van der Waals surface area (Å²) >= 11 is 0. The zero-order valence-corrected chi connectivity index (χ0v) is 17.5. The predicted molar refractivity (Wildman–Crippen MR) is 113 cm³/mol. The van der Waals surface area contributed by atoms with Crippen molar-refractivity contribution in [1.29, 1.82) is 0 Å². The summed E-state index contributed by atoms with van der Waals surface area (Å²) in [4.78, 5) is 33.0. The van der Waals surface area contributed by atoms with Crippen LogP contribution >= 0.6 is 0 Å². The number of nitrogens with zero attached hydrogens (tertiary/aromatic N) is 5. The number of carbonyl (C=O) groups is 2. The molecule has 2 aromatic rings. The van der Waals surface area contributed by atoms with Crippen LogP contribution in [0, 0.1) is 0 Å². The number of benzene rings is 1. The third kappa shape index (κ3) is 3.32. The molecule has 1 atom stereocenters. The Morgan fingerprint density at radius 2 is 1.86 bits per heavy atom. The van der Waals surface area contributed by atoms with Crippen molar-refractivity contribution in [2.45, 2.75) is 26.3 Å². The Bertz CT molecular complexity index is 945. The van der Waals surface area contributed by atoms with Gasteiger partial charge in [0, 0.05) is 33.2 Å². The molecule has 0 bridgehead atoms. The number of para-hydroxylation sites is 2. The number of fused-ring (bicyclic) bond motifs is 2. The molecule has 154 valence electrons. The molecule has 0 radical (unpaired) electrons. The van der Waals surface area contributed by atoms with Gasteiger partial charge in [0.15, 0.2) is 5.69 Å². The van der Waals surface area contributed by atoms with Gasteiger partial charge in [-0.1, -0.05) is 19.1 Å². The molecular formula is C21H28N6O2. The number of anilines is 3. The second-order valence-corrected chi connectivity index (χ2v) is 7.78. The van der Waals surface area contributed by atoms with Gasteiger partial charge in [-0.3, -0.25) is 24.1 Å². The molecule has 29 heavy (non-hydrogen) atoms. The van der Waals surface area contributed by atoms with Crippen LogP contribution in [0.25, 0.3) is 0 Å². The maximum Gasteiger partial charge on any atom is 0.276 e. The predicted octanol–water partition coefficient (Wildman–Crippen LogP) is 1.85. The van der Waals surface area contributed by atoms with Gasteiger partial charge in [-0.2, -0.15) is 5.10 Å². The maximum atomic E-state index is 13.8. The van der Waals surface area contributed by atoms with Gasteiger partial charge in [0.25, 0.3) is 5.91 Å². The Labute approximate surface area is 171 Å². The van der Waals surface area contributed by atoms with E-state index in [2.05, 4.69) is 27.3 Å². The zero-order valence-electron chi connectivity index (χ0n) is 17.5. The van der Waals surface area contributed by atoms with E-state index >= 15 is 0 Å². The van der Waals surface area contributed by atoms with E-state index in [1.54, 1.807) is 16.6 Å². The fraction of sp³-hybridized carbons (Fsp3) is 0.476. The van der Waals surface area contributed by atoms with Gasteiger partial charge >= 0.3 is 0 Å². The molecule has 1 saturated heterocycles. The topological polar surface area (TPSA) is 73.7 Å². The normalized spacial score (nSPS) is 18.6. The molecule has 1 aromatic carbocycles. The van der Waals surface area contributed by atoms with Crippen LogP contribution in [0.4, 0.5) is 17.1 Å². The Morgan fingerprint density at radius 3 is 2.55 bits per heavy atom. The molecule has 0 saturated carbocycles. The van der Waals surface area contributed by atoms with E-state index in [0.29, 0.717) is 29.2 Å². The molecule has 8 nitrogen and oxygen atoms in total. The van der Waals surface area contributed by atoms with Gasteiger partial charge in [0.05, 0.1) is 23.1 Å². The van der Waals surface area contributed by atoms with Crippen molar-refractivity contribution in [2.24, 2.45) is 7.05 Å². The SMILES string of the molecule is CCc1nn(C)c2c1N(C(=O)C(C)N1CCN(C)CC1)c1ccccc1NC2=O. The van der Waals surface area contributed by atoms with Gasteiger partial charge < -0.3 is 10.2 Å². The quantitative estimate of drug-likeness (QED) is 0.857. The smallest absolute Gasteiger partial charge is 0.276 e. The monoisotopic (exact) mass is 396 g/mol. The van der Waals surface area contributed by atoms with Gasteiger partial charge in [-0.25, -0.2) is 0 Å². The number of nitrogens with one attached hydrogen (secondary N) is 1. The van der Waals surface area contributed by atoms with Crippen molar-refractivity contribution in [2.75, 3.05) is 43.4 Å². The van der Waals surface area contributed by atoms with Crippen LogP contribution in [-0.4, -0.2) is 70.7 Å². The molecule has 2 aliphatic heterocycles. The van der Waals surface area contributed by atoms with E-state index in [9.17, 15) is 9.59 Å². The van der Waals surface area contributed by atoms with Crippen molar-refractivity contribution >= 4 is 28.9 Å². The third-order valence-electron chi connectivity index (χ3n) is 5.92. The standard InChI is InChI=1S/C21H28N6O2/c1-5-15-18-19(25(4)23-15)20(28)22-16-8-6-7-9-17(16)27(18)21(29)14(2)26-12-10-24(3)11-13-26/h6-9,14H,5,10-13H2,1-4H3,(H,22,28). The minimum Gasteiger partial charge on any atom is -0.319 e. The maximum absolute atomic E-state index is 13.8. The second-order valence-electron chi connectivity index (χ2n) is 7.78. The average molecular weight is 396 g/mol. The van der Waals surface area contributed by atoms with Gasteiger partial charge in [-0.15, -0.1) is 0 Å².